The summed E-state index contributed by atoms with van der Waals surface area (Å²) in [6.07, 6.45) is -3.07. The van der Waals surface area contributed by atoms with E-state index in [2.05, 4.69) is 15.0 Å². The SMILES string of the molecule is CCS(=O)(=O)c1ccc(Cl)cc1CNC(=O)c1cc(Cl)c(CN2CCN(C3CCOCC3)CC2)c(OC(F)(F)F)c1. The maximum absolute atomic E-state index is 13.4. The van der Waals surface area contributed by atoms with E-state index in [4.69, 9.17) is 27.9 Å². The Kier molecular flexibility index (Phi) is 10.5. The molecule has 0 aliphatic carbocycles. The molecule has 0 saturated carbocycles. The fourth-order valence-electron chi connectivity index (χ4n) is 5.09. The third-order valence-electron chi connectivity index (χ3n) is 7.32. The number of hydrogen-bond acceptors (Lipinski definition) is 7. The van der Waals surface area contributed by atoms with Crippen LogP contribution in [0.4, 0.5) is 13.2 Å². The maximum Gasteiger partial charge on any atom is 0.573 e. The summed E-state index contributed by atoms with van der Waals surface area (Å²) < 4.78 is 74.7. The summed E-state index contributed by atoms with van der Waals surface area (Å²) in [6, 6.07) is 6.94. The van der Waals surface area contributed by atoms with E-state index in [0.29, 0.717) is 19.1 Å². The van der Waals surface area contributed by atoms with Crippen LogP contribution in [0.25, 0.3) is 0 Å². The molecule has 4 rings (SSSR count). The summed E-state index contributed by atoms with van der Waals surface area (Å²) in [6.45, 7) is 5.69. The molecule has 0 aromatic heterocycles. The van der Waals surface area contributed by atoms with Crippen LogP contribution in [-0.4, -0.2) is 81.7 Å². The van der Waals surface area contributed by atoms with Gasteiger partial charge in [-0.2, -0.15) is 0 Å². The van der Waals surface area contributed by atoms with Crippen molar-refractivity contribution in [2.45, 2.75) is 50.2 Å². The van der Waals surface area contributed by atoms with E-state index in [1.54, 1.807) is 0 Å². The lowest BCUT2D eigenvalue weighted by Gasteiger charge is -2.40. The monoisotopic (exact) mass is 637 g/mol. The Morgan fingerprint density at radius 1 is 1.10 bits per heavy atom. The highest BCUT2D eigenvalue weighted by molar-refractivity contribution is 7.91. The number of amides is 1. The number of nitrogens with zero attached hydrogens (tertiary/aromatic N) is 2. The van der Waals surface area contributed by atoms with Gasteiger partial charge in [0.1, 0.15) is 5.75 Å². The van der Waals surface area contributed by atoms with Crippen molar-refractivity contribution in [3.8, 4) is 5.75 Å². The summed E-state index contributed by atoms with van der Waals surface area (Å²) in [5, 5.41) is 2.78. The van der Waals surface area contributed by atoms with Gasteiger partial charge in [0.25, 0.3) is 5.91 Å². The molecular weight excluding hydrogens is 606 g/mol. The quantitative estimate of drug-likeness (QED) is 0.418. The number of halogens is 5. The van der Waals surface area contributed by atoms with Crippen molar-refractivity contribution in [3.05, 3.63) is 57.1 Å². The third-order valence-corrected chi connectivity index (χ3v) is 9.72. The van der Waals surface area contributed by atoms with Crippen molar-refractivity contribution in [2.24, 2.45) is 0 Å². The molecule has 0 radical (unpaired) electrons. The zero-order valence-corrected chi connectivity index (χ0v) is 24.8. The van der Waals surface area contributed by atoms with Crippen LogP contribution < -0.4 is 10.1 Å². The fourth-order valence-corrected chi connectivity index (χ4v) is 6.68. The van der Waals surface area contributed by atoms with Crippen LogP contribution in [0.15, 0.2) is 35.2 Å². The summed E-state index contributed by atoms with van der Waals surface area (Å²) in [5.41, 5.74) is 0.220. The summed E-state index contributed by atoms with van der Waals surface area (Å²) in [7, 11) is -3.61. The molecule has 226 valence electrons. The van der Waals surface area contributed by atoms with Crippen molar-refractivity contribution in [3.63, 3.8) is 0 Å². The molecule has 0 atom stereocenters. The van der Waals surface area contributed by atoms with E-state index < -0.39 is 27.9 Å². The number of piperazine rings is 1. The van der Waals surface area contributed by atoms with Crippen molar-refractivity contribution < 1.29 is 35.9 Å². The molecule has 2 aromatic carbocycles. The van der Waals surface area contributed by atoms with Crippen LogP contribution >= 0.6 is 23.2 Å². The Morgan fingerprint density at radius 3 is 2.41 bits per heavy atom. The van der Waals surface area contributed by atoms with Crippen LogP contribution in [-0.2, 0) is 27.7 Å². The number of carbonyl (C=O) groups excluding carboxylic acids is 1. The van der Waals surface area contributed by atoms with Gasteiger partial charge in [-0.1, -0.05) is 30.1 Å². The number of rotatable bonds is 9. The average molecular weight is 639 g/mol. The van der Waals surface area contributed by atoms with Gasteiger partial charge < -0.3 is 14.8 Å². The number of benzene rings is 2. The molecule has 1 amide bonds. The van der Waals surface area contributed by atoms with Crippen LogP contribution in [0.3, 0.4) is 0 Å². The van der Waals surface area contributed by atoms with E-state index in [9.17, 15) is 26.4 Å². The van der Waals surface area contributed by atoms with E-state index in [1.807, 2.05) is 4.90 Å². The number of hydrogen-bond donors (Lipinski definition) is 1. The van der Waals surface area contributed by atoms with Gasteiger partial charge in [0.15, 0.2) is 9.84 Å². The van der Waals surface area contributed by atoms with E-state index in [0.717, 1.165) is 45.2 Å². The van der Waals surface area contributed by atoms with Gasteiger partial charge in [0.2, 0.25) is 0 Å². The normalized spacial score (nSPS) is 17.9. The van der Waals surface area contributed by atoms with Crippen LogP contribution in [0.1, 0.15) is 41.3 Å². The Labute approximate surface area is 247 Å². The van der Waals surface area contributed by atoms with Crippen molar-refractivity contribution in [1.82, 2.24) is 15.1 Å². The minimum atomic E-state index is -5.00. The molecule has 14 heteroatoms. The Morgan fingerprint density at radius 2 is 1.78 bits per heavy atom. The number of ether oxygens (including phenoxy) is 2. The molecule has 2 aromatic rings. The molecule has 2 aliphatic rings. The second-order valence-corrected chi connectivity index (χ2v) is 13.1. The first-order valence-electron chi connectivity index (χ1n) is 13.3. The van der Waals surface area contributed by atoms with Crippen molar-refractivity contribution in [1.29, 1.82) is 0 Å². The van der Waals surface area contributed by atoms with Crippen LogP contribution in [0, 0.1) is 0 Å². The number of carbonyl (C=O) groups is 1. The molecule has 2 heterocycles. The Balaban J connectivity index is 1.49. The minimum Gasteiger partial charge on any atom is -0.405 e. The second kappa shape index (κ2) is 13.5. The second-order valence-electron chi connectivity index (χ2n) is 9.98. The predicted octanol–water partition coefficient (Wildman–Crippen LogP) is 4.91. The number of alkyl halides is 3. The molecular formula is C27H32Cl2F3N3O5S. The standard InChI is InChI=1S/C27H32Cl2F3N3O5S/c1-2-41(37,38)25-4-3-20(28)13-19(25)16-33-26(36)18-14-23(29)22(24(15-18)40-27(30,31)32)17-34-7-9-35(10-8-34)21-5-11-39-12-6-21/h3-4,13-15,21H,2,5-12,16-17H2,1H3,(H,33,36). The maximum atomic E-state index is 13.4. The molecule has 0 spiro atoms. The van der Waals surface area contributed by atoms with E-state index in [-0.39, 0.29) is 50.5 Å². The molecule has 0 bridgehead atoms. The molecule has 8 nitrogen and oxygen atoms in total. The first-order chi connectivity index (χ1) is 19.4. The largest absolute Gasteiger partial charge is 0.573 e. The topological polar surface area (TPSA) is 88.2 Å². The first kappa shape index (κ1) is 31.8. The molecule has 2 saturated heterocycles. The van der Waals surface area contributed by atoms with Gasteiger partial charge in [-0.05, 0) is 48.7 Å². The van der Waals surface area contributed by atoms with Gasteiger partial charge in [-0.25, -0.2) is 8.42 Å². The van der Waals surface area contributed by atoms with Crippen LogP contribution in [0.5, 0.6) is 5.75 Å². The van der Waals surface area contributed by atoms with Gasteiger partial charge in [-0.3, -0.25) is 14.6 Å². The Bertz CT molecular complexity index is 1350. The zero-order valence-electron chi connectivity index (χ0n) is 22.5. The van der Waals surface area contributed by atoms with Crippen molar-refractivity contribution in [2.75, 3.05) is 45.1 Å². The van der Waals surface area contributed by atoms with Crippen LogP contribution in [0.2, 0.25) is 10.0 Å². The smallest absolute Gasteiger partial charge is 0.405 e. The summed E-state index contributed by atoms with van der Waals surface area (Å²) in [5.74, 6) is -1.47. The summed E-state index contributed by atoms with van der Waals surface area (Å²) >= 11 is 12.5. The predicted molar refractivity (Wildman–Crippen MR) is 149 cm³/mol. The number of nitrogens with one attached hydrogen (secondary N) is 1. The highest BCUT2D eigenvalue weighted by Gasteiger charge is 2.34. The average Bonchev–Trinajstić information content (AvgIpc) is 2.93. The number of sulfone groups is 1. The molecule has 1 N–H and O–H groups in total. The van der Waals surface area contributed by atoms with E-state index >= 15 is 0 Å². The van der Waals surface area contributed by atoms with Gasteiger partial charge >= 0.3 is 6.36 Å². The van der Waals surface area contributed by atoms with Crippen molar-refractivity contribution >= 4 is 38.9 Å². The van der Waals surface area contributed by atoms with Gasteiger partial charge in [0.05, 0.1) is 10.6 Å². The first-order valence-corrected chi connectivity index (χ1v) is 15.7. The molecule has 41 heavy (non-hydrogen) atoms. The zero-order chi connectivity index (χ0) is 29.8. The lowest BCUT2D eigenvalue weighted by atomic mass is 10.1. The highest BCUT2D eigenvalue weighted by Crippen LogP contribution is 2.34. The Hall–Kier alpha value is -2.09. The fraction of sp³-hybridized carbons (Fsp3) is 0.519. The third kappa shape index (κ3) is 8.48. The van der Waals surface area contributed by atoms with Gasteiger partial charge in [0, 0.05) is 79.7 Å². The summed E-state index contributed by atoms with van der Waals surface area (Å²) in [4.78, 5) is 17.4. The highest BCUT2D eigenvalue weighted by atomic mass is 35.5. The lowest BCUT2D eigenvalue weighted by molar-refractivity contribution is -0.275. The minimum absolute atomic E-state index is 0.0103. The molecule has 2 fully saturated rings. The molecule has 0 unspecified atom stereocenters. The molecule has 2 aliphatic heterocycles. The van der Waals surface area contributed by atoms with Gasteiger partial charge in [-0.15, -0.1) is 13.2 Å². The lowest BCUT2D eigenvalue weighted by Crippen LogP contribution is -2.51. The van der Waals surface area contributed by atoms with E-state index in [1.165, 1.54) is 31.2 Å².